The molecule has 82 valence electrons. The Morgan fingerprint density at radius 1 is 1.27 bits per heavy atom. The molecule has 2 atom stereocenters. The van der Waals surface area contributed by atoms with E-state index >= 15 is 0 Å². The van der Waals surface area contributed by atoms with Crippen molar-refractivity contribution in [2.45, 2.75) is 24.6 Å². The molecule has 0 heterocycles. The molecule has 0 radical (unpaired) electrons. The van der Waals surface area contributed by atoms with Crippen LogP contribution in [0.4, 0.5) is 8.78 Å². The molecule has 0 bridgehead atoms. The van der Waals surface area contributed by atoms with Crippen LogP contribution in [0.1, 0.15) is 30.2 Å². The summed E-state index contributed by atoms with van der Waals surface area (Å²) in [5.41, 5.74) is 0.827. The fraction of sp³-hybridized carbons (Fsp3) is 0.500. The van der Waals surface area contributed by atoms with Gasteiger partial charge in [-0.15, -0.1) is 0 Å². The standard InChI is InChI=1S/C12H13BrF2/c1-7(8-2-3-8)12(13)9-4-5-10(14)11(15)6-9/h4-8,12H,2-3H2,1H3. The SMILES string of the molecule is CC(C1CC1)C(Br)c1ccc(F)c(F)c1. The zero-order valence-electron chi connectivity index (χ0n) is 8.51. The van der Waals surface area contributed by atoms with Crippen LogP contribution in [0, 0.1) is 23.5 Å². The Morgan fingerprint density at radius 2 is 1.93 bits per heavy atom. The minimum Gasteiger partial charge on any atom is -0.204 e. The van der Waals surface area contributed by atoms with Crippen LogP contribution in [-0.2, 0) is 0 Å². The molecule has 0 N–H and O–H groups in total. The van der Waals surface area contributed by atoms with E-state index in [4.69, 9.17) is 0 Å². The van der Waals surface area contributed by atoms with E-state index in [0.717, 1.165) is 11.5 Å². The molecule has 1 aromatic carbocycles. The molecular formula is C12H13BrF2. The molecule has 1 fully saturated rings. The van der Waals surface area contributed by atoms with Crippen molar-refractivity contribution in [1.82, 2.24) is 0 Å². The topological polar surface area (TPSA) is 0 Å². The zero-order valence-corrected chi connectivity index (χ0v) is 10.1. The molecule has 0 saturated heterocycles. The highest BCUT2D eigenvalue weighted by Crippen LogP contribution is 2.46. The average molecular weight is 275 g/mol. The van der Waals surface area contributed by atoms with Crippen LogP contribution in [0.25, 0.3) is 0 Å². The first-order valence-electron chi connectivity index (χ1n) is 5.18. The van der Waals surface area contributed by atoms with Gasteiger partial charge in [0.2, 0.25) is 0 Å². The average Bonchev–Trinajstić information content (AvgIpc) is 3.03. The number of hydrogen-bond acceptors (Lipinski definition) is 0. The lowest BCUT2D eigenvalue weighted by Crippen LogP contribution is -2.06. The van der Waals surface area contributed by atoms with Crippen molar-refractivity contribution in [3.8, 4) is 0 Å². The smallest absolute Gasteiger partial charge is 0.159 e. The maximum absolute atomic E-state index is 13.0. The molecule has 0 spiro atoms. The molecule has 2 unspecified atom stereocenters. The molecule has 0 amide bonds. The molecule has 1 saturated carbocycles. The number of halogens is 3. The zero-order chi connectivity index (χ0) is 11.0. The van der Waals surface area contributed by atoms with E-state index in [1.165, 1.54) is 25.0 Å². The van der Waals surface area contributed by atoms with Gasteiger partial charge >= 0.3 is 0 Å². The van der Waals surface area contributed by atoms with Crippen molar-refractivity contribution >= 4 is 15.9 Å². The van der Waals surface area contributed by atoms with Crippen molar-refractivity contribution in [2.24, 2.45) is 11.8 Å². The third-order valence-electron chi connectivity index (χ3n) is 3.09. The van der Waals surface area contributed by atoms with Gasteiger partial charge in [0.15, 0.2) is 11.6 Å². The van der Waals surface area contributed by atoms with Crippen LogP contribution >= 0.6 is 15.9 Å². The molecular weight excluding hydrogens is 262 g/mol. The quantitative estimate of drug-likeness (QED) is 0.715. The highest BCUT2D eigenvalue weighted by Gasteiger charge is 2.32. The molecule has 0 aliphatic heterocycles. The number of rotatable bonds is 3. The van der Waals surface area contributed by atoms with Gasteiger partial charge in [0.25, 0.3) is 0 Å². The highest BCUT2D eigenvalue weighted by molar-refractivity contribution is 9.09. The second-order valence-corrected chi connectivity index (χ2v) is 5.26. The molecule has 2 rings (SSSR count). The maximum Gasteiger partial charge on any atom is 0.159 e. The van der Waals surface area contributed by atoms with E-state index in [-0.39, 0.29) is 4.83 Å². The van der Waals surface area contributed by atoms with Gasteiger partial charge in [-0.3, -0.25) is 0 Å². The van der Waals surface area contributed by atoms with Gasteiger partial charge < -0.3 is 0 Å². The fourth-order valence-corrected chi connectivity index (χ4v) is 2.56. The lowest BCUT2D eigenvalue weighted by Gasteiger charge is -2.18. The Balaban J connectivity index is 2.17. The summed E-state index contributed by atoms with van der Waals surface area (Å²) in [6.07, 6.45) is 2.51. The first-order chi connectivity index (χ1) is 7.09. The molecule has 1 aromatic rings. The first-order valence-corrected chi connectivity index (χ1v) is 6.10. The van der Waals surface area contributed by atoms with Gasteiger partial charge in [-0.25, -0.2) is 8.78 Å². The van der Waals surface area contributed by atoms with Crippen molar-refractivity contribution < 1.29 is 8.78 Å². The third kappa shape index (κ3) is 2.39. The van der Waals surface area contributed by atoms with Crippen molar-refractivity contribution in [2.75, 3.05) is 0 Å². The molecule has 0 nitrogen and oxygen atoms in total. The highest BCUT2D eigenvalue weighted by atomic mass is 79.9. The van der Waals surface area contributed by atoms with E-state index in [0.29, 0.717) is 5.92 Å². The van der Waals surface area contributed by atoms with E-state index in [9.17, 15) is 8.78 Å². The fourth-order valence-electron chi connectivity index (χ4n) is 1.85. The third-order valence-corrected chi connectivity index (χ3v) is 4.45. The summed E-state index contributed by atoms with van der Waals surface area (Å²) in [4.78, 5) is 0.125. The Kier molecular flexibility index (Phi) is 3.10. The number of hydrogen-bond donors (Lipinski definition) is 0. The summed E-state index contributed by atoms with van der Waals surface area (Å²) in [7, 11) is 0. The van der Waals surface area contributed by atoms with Gasteiger partial charge in [-0.05, 0) is 42.4 Å². The van der Waals surface area contributed by atoms with Crippen LogP contribution in [0.5, 0.6) is 0 Å². The van der Waals surface area contributed by atoms with Gasteiger partial charge in [-0.1, -0.05) is 28.9 Å². The van der Waals surface area contributed by atoms with Crippen molar-refractivity contribution in [1.29, 1.82) is 0 Å². The van der Waals surface area contributed by atoms with Crippen LogP contribution in [0.3, 0.4) is 0 Å². The van der Waals surface area contributed by atoms with Gasteiger partial charge in [0, 0.05) is 4.83 Å². The normalized spacial score (nSPS) is 20.0. The number of alkyl halides is 1. The number of benzene rings is 1. The minimum atomic E-state index is -0.780. The molecule has 1 aliphatic rings. The Labute approximate surface area is 96.8 Å². The van der Waals surface area contributed by atoms with Gasteiger partial charge in [0.1, 0.15) is 0 Å². The minimum absolute atomic E-state index is 0.125. The summed E-state index contributed by atoms with van der Waals surface area (Å²) in [5.74, 6) is -0.324. The van der Waals surface area contributed by atoms with Crippen LogP contribution in [-0.4, -0.2) is 0 Å². The summed E-state index contributed by atoms with van der Waals surface area (Å²) >= 11 is 3.56. The predicted octanol–water partition coefficient (Wildman–Crippen LogP) is 4.45. The first kappa shape index (κ1) is 11.1. The largest absolute Gasteiger partial charge is 0.204 e. The van der Waals surface area contributed by atoms with Crippen LogP contribution < -0.4 is 0 Å². The molecule has 0 aromatic heterocycles. The predicted molar refractivity (Wildman–Crippen MR) is 59.9 cm³/mol. The van der Waals surface area contributed by atoms with E-state index in [2.05, 4.69) is 22.9 Å². The van der Waals surface area contributed by atoms with Gasteiger partial charge in [-0.2, -0.15) is 0 Å². The van der Waals surface area contributed by atoms with E-state index in [1.807, 2.05) is 0 Å². The van der Waals surface area contributed by atoms with E-state index < -0.39 is 11.6 Å². The molecule has 3 heteroatoms. The summed E-state index contributed by atoms with van der Waals surface area (Å²) < 4.78 is 25.8. The molecule has 1 aliphatic carbocycles. The lowest BCUT2D eigenvalue weighted by atomic mass is 9.96. The summed E-state index contributed by atoms with van der Waals surface area (Å²) in [6, 6.07) is 4.13. The second-order valence-electron chi connectivity index (χ2n) is 4.27. The Bertz CT molecular complexity index is 361. The summed E-state index contributed by atoms with van der Waals surface area (Å²) in [5, 5.41) is 0. The van der Waals surface area contributed by atoms with Gasteiger partial charge in [0.05, 0.1) is 0 Å². The van der Waals surface area contributed by atoms with Crippen molar-refractivity contribution in [3.05, 3.63) is 35.4 Å². The monoisotopic (exact) mass is 274 g/mol. The Morgan fingerprint density at radius 3 is 2.47 bits per heavy atom. The summed E-state index contributed by atoms with van der Waals surface area (Å²) in [6.45, 7) is 2.15. The van der Waals surface area contributed by atoms with Crippen LogP contribution in [0.15, 0.2) is 18.2 Å². The van der Waals surface area contributed by atoms with Crippen molar-refractivity contribution in [3.63, 3.8) is 0 Å². The van der Waals surface area contributed by atoms with Crippen LogP contribution in [0.2, 0.25) is 0 Å². The van der Waals surface area contributed by atoms with E-state index in [1.54, 1.807) is 6.07 Å². The molecule has 15 heavy (non-hydrogen) atoms. The second kappa shape index (κ2) is 4.20. The maximum atomic E-state index is 13.0. The Hall–Kier alpha value is -0.440. The lowest BCUT2D eigenvalue weighted by molar-refractivity contribution is 0.488.